The van der Waals surface area contributed by atoms with Crippen molar-refractivity contribution in [2.75, 3.05) is 26.2 Å². The van der Waals surface area contributed by atoms with Gasteiger partial charge in [-0.05, 0) is 13.3 Å². The van der Waals surface area contributed by atoms with Crippen LogP contribution in [0.5, 0.6) is 0 Å². The number of nitrogens with one attached hydrogen (secondary N) is 4. The van der Waals surface area contributed by atoms with E-state index in [0.717, 1.165) is 18.9 Å². The Morgan fingerprint density at radius 1 is 1.41 bits per heavy atom. The second-order valence-electron chi connectivity index (χ2n) is 5.39. The molecule has 0 spiro atoms. The Balaban J connectivity index is 0.00000441. The molecule has 128 valence electrons. The second kappa shape index (κ2) is 11.5. The molecule has 1 aliphatic heterocycles. The maximum absolute atomic E-state index is 11.4. The number of rotatable bonds is 6. The van der Waals surface area contributed by atoms with Crippen LogP contribution < -0.4 is 21.3 Å². The van der Waals surface area contributed by atoms with Gasteiger partial charge in [0.05, 0.1) is 6.54 Å². The van der Waals surface area contributed by atoms with Gasteiger partial charge in [0.2, 0.25) is 11.8 Å². The van der Waals surface area contributed by atoms with Gasteiger partial charge in [-0.1, -0.05) is 13.8 Å². The highest BCUT2D eigenvalue weighted by Crippen LogP contribution is 2.02. The minimum Gasteiger partial charge on any atom is -0.357 e. The minimum atomic E-state index is -0.00816. The Morgan fingerprint density at radius 3 is 2.68 bits per heavy atom. The summed E-state index contributed by atoms with van der Waals surface area (Å²) >= 11 is 0. The van der Waals surface area contributed by atoms with Gasteiger partial charge in [-0.25, -0.2) is 0 Å². The van der Waals surface area contributed by atoms with Crippen LogP contribution in [0, 0.1) is 5.92 Å². The SMILES string of the molecule is CCNC(=NCCNC(=O)C(C)C)NC1CCC(=O)NC1.I. The third-order valence-corrected chi connectivity index (χ3v) is 3.16. The van der Waals surface area contributed by atoms with Gasteiger partial charge in [-0.15, -0.1) is 24.0 Å². The summed E-state index contributed by atoms with van der Waals surface area (Å²) in [6.45, 7) is 8.15. The molecule has 0 aromatic carbocycles. The highest BCUT2D eigenvalue weighted by atomic mass is 127. The van der Waals surface area contributed by atoms with Crippen molar-refractivity contribution >= 4 is 41.8 Å². The number of piperidine rings is 1. The van der Waals surface area contributed by atoms with Crippen molar-refractivity contribution in [2.24, 2.45) is 10.9 Å². The monoisotopic (exact) mass is 425 g/mol. The van der Waals surface area contributed by atoms with E-state index in [1.54, 1.807) is 0 Å². The smallest absolute Gasteiger partial charge is 0.222 e. The number of hydrogen-bond donors (Lipinski definition) is 4. The summed E-state index contributed by atoms with van der Waals surface area (Å²) in [5, 5.41) is 12.1. The van der Waals surface area contributed by atoms with Gasteiger partial charge in [0.15, 0.2) is 5.96 Å². The summed E-state index contributed by atoms with van der Waals surface area (Å²) in [6.07, 6.45) is 1.35. The van der Waals surface area contributed by atoms with E-state index in [9.17, 15) is 9.59 Å². The van der Waals surface area contributed by atoms with Gasteiger partial charge in [0.1, 0.15) is 0 Å². The molecule has 1 heterocycles. The molecule has 8 heteroatoms. The summed E-state index contributed by atoms with van der Waals surface area (Å²) < 4.78 is 0. The molecule has 0 bridgehead atoms. The summed E-state index contributed by atoms with van der Waals surface area (Å²) in [5.74, 6) is 0.855. The topological polar surface area (TPSA) is 94.6 Å². The summed E-state index contributed by atoms with van der Waals surface area (Å²) in [7, 11) is 0. The molecular formula is C14H28IN5O2. The number of carbonyl (C=O) groups is 2. The Hall–Kier alpha value is -1.06. The van der Waals surface area contributed by atoms with E-state index in [2.05, 4.69) is 26.3 Å². The van der Waals surface area contributed by atoms with Crippen molar-refractivity contribution in [3.8, 4) is 0 Å². The van der Waals surface area contributed by atoms with Gasteiger partial charge in [-0.3, -0.25) is 14.6 Å². The Kier molecular flexibility index (Phi) is 10.9. The number of carbonyl (C=O) groups excluding carboxylic acids is 2. The number of aliphatic imine (C=N–C) groups is 1. The van der Waals surface area contributed by atoms with Crippen LogP contribution in [0.2, 0.25) is 0 Å². The van der Waals surface area contributed by atoms with Crippen molar-refractivity contribution < 1.29 is 9.59 Å². The molecule has 1 unspecified atom stereocenters. The zero-order valence-electron chi connectivity index (χ0n) is 13.6. The summed E-state index contributed by atoms with van der Waals surface area (Å²) in [5.41, 5.74) is 0. The van der Waals surface area contributed by atoms with Crippen LogP contribution in [0.4, 0.5) is 0 Å². The fourth-order valence-corrected chi connectivity index (χ4v) is 1.92. The predicted octanol–water partition coefficient (Wildman–Crippen LogP) is 0.210. The first-order chi connectivity index (χ1) is 10.0. The largest absolute Gasteiger partial charge is 0.357 e. The molecule has 0 radical (unpaired) electrons. The van der Waals surface area contributed by atoms with Crippen molar-refractivity contribution in [1.82, 2.24) is 21.3 Å². The van der Waals surface area contributed by atoms with Crippen molar-refractivity contribution in [3.05, 3.63) is 0 Å². The third kappa shape index (κ3) is 8.40. The lowest BCUT2D eigenvalue weighted by molar-refractivity contribution is -0.124. The summed E-state index contributed by atoms with van der Waals surface area (Å²) in [6, 6.07) is 0.200. The molecule has 1 aliphatic rings. The molecule has 1 saturated heterocycles. The lowest BCUT2D eigenvalue weighted by Gasteiger charge is -2.25. The highest BCUT2D eigenvalue weighted by molar-refractivity contribution is 14.0. The van der Waals surface area contributed by atoms with Crippen molar-refractivity contribution in [2.45, 2.75) is 39.7 Å². The molecule has 0 aromatic rings. The molecule has 1 fully saturated rings. The average molecular weight is 425 g/mol. The molecule has 2 amide bonds. The van der Waals surface area contributed by atoms with Gasteiger partial charge in [0, 0.05) is 38.0 Å². The van der Waals surface area contributed by atoms with E-state index in [1.807, 2.05) is 20.8 Å². The molecule has 4 N–H and O–H groups in total. The molecule has 1 rings (SSSR count). The minimum absolute atomic E-state index is 0. The Bertz CT molecular complexity index is 377. The van der Waals surface area contributed by atoms with Crippen LogP contribution in [-0.4, -0.2) is 50.0 Å². The predicted molar refractivity (Wildman–Crippen MR) is 98.4 cm³/mol. The van der Waals surface area contributed by atoms with Crippen LogP contribution in [0.25, 0.3) is 0 Å². The van der Waals surface area contributed by atoms with E-state index >= 15 is 0 Å². The summed E-state index contributed by atoms with van der Waals surface area (Å²) in [4.78, 5) is 27.0. The molecule has 7 nitrogen and oxygen atoms in total. The van der Waals surface area contributed by atoms with Gasteiger partial charge < -0.3 is 21.3 Å². The fraction of sp³-hybridized carbons (Fsp3) is 0.786. The number of guanidine groups is 1. The molecule has 1 atom stereocenters. The molecule has 22 heavy (non-hydrogen) atoms. The first-order valence-corrected chi connectivity index (χ1v) is 7.62. The van der Waals surface area contributed by atoms with E-state index in [1.165, 1.54) is 0 Å². The lowest BCUT2D eigenvalue weighted by Crippen LogP contribution is -2.51. The molecule has 0 aliphatic carbocycles. The lowest BCUT2D eigenvalue weighted by atomic mass is 10.1. The van der Waals surface area contributed by atoms with Crippen LogP contribution in [-0.2, 0) is 9.59 Å². The number of nitrogens with zero attached hydrogens (tertiary/aromatic N) is 1. The quantitative estimate of drug-likeness (QED) is 0.212. The molecular weight excluding hydrogens is 397 g/mol. The van der Waals surface area contributed by atoms with Gasteiger partial charge >= 0.3 is 0 Å². The van der Waals surface area contributed by atoms with Crippen LogP contribution in [0.15, 0.2) is 4.99 Å². The van der Waals surface area contributed by atoms with Crippen LogP contribution >= 0.6 is 24.0 Å². The number of amides is 2. The van der Waals surface area contributed by atoms with E-state index < -0.39 is 0 Å². The third-order valence-electron chi connectivity index (χ3n) is 3.16. The van der Waals surface area contributed by atoms with Crippen LogP contribution in [0.1, 0.15) is 33.6 Å². The van der Waals surface area contributed by atoms with Crippen LogP contribution in [0.3, 0.4) is 0 Å². The van der Waals surface area contributed by atoms with E-state index in [-0.39, 0.29) is 47.8 Å². The zero-order chi connectivity index (χ0) is 15.7. The number of halogens is 1. The standard InChI is InChI=1S/C14H27N5O2.HI/c1-4-15-14(17-8-7-16-13(21)10(2)3)19-11-5-6-12(20)18-9-11;/h10-11H,4-9H2,1-3H3,(H,16,21)(H,18,20)(H2,15,17,19);1H. The number of hydrogen-bond acceptors (Lipinski definition) is 3. The van der Waals surface area contributed by atoms with E-state index in [0.29, 0.717) is 26.1 Å². The first kappa shape index (κ1) is 20.9. The maximum atomic E-state index is 11.4. The molecule has 0 aromatic heterocycles. The average Bonchev–Trinajstić information content (AvgIpc) is 2.45. The van der Waals surface area contributed by atoms with E-state index in [4.69, 9.17) is 0 Å². The Morgan fingerprint density at radius 2 is 2.14 bits per heavy atom. The zero-order valence-corrected chi connectivity index (χ0v) is 15.9. The second-order valence-corrected chi connectivity index (χ2v) is 5.39. The fourth-order valence-electron chi connectivity index (χ4n) is 1.92. The van der Waals surface area contributed by atoms with Crippen molar-refractivity contribution in [1.29, 1.82) is 0 Å². The molecule has 0 saturated carbocycles. The maximum Gasteiger partial charge on any atom is 0.222 e. The Labute approximate surface area is 149 Å². The highest BCUT2D eigenvalue weighted by Gasteiger charge is 2.18. The van der Waals surface area contributed by atoms with Crippen molar-refractivity contribution in [3.63, 3.8) is 0 Å². The van der Waals surface area contributed by atoms with Gasteiger partial charge in [0.25, 0.3) is 0 Å². The first-order valence-electron chi connectivity index (χ1n) is 7.62. The van der Waals surface area contributed by atoms with Gasteiger partial charge in [-0.2, -0.15) is 0 Å². The normalized spacial score (nSPS) is 18.3.